The van der Waals surface area contributed by atoms with E-state index in [1.807, 2.05) is 39.7 Å². The molecule has 0 N–H and O–H groups in total. The van der Waals surface area contributed by atoms with Gasteiger partial charge in [-0.2, -0.15) is 16.4 Å². The van der Waals surface area contributed by atoms with E-state index in [0.29, 0.717) is 31.9 Å². The summed E-state index contributed by atoms with van der Waals surface area (Å²) in [4.78, 5) is 29.2. The van der Waals surface area contributed by atoms with Crippen LogP contribution in [0.15, 0.2) is 22.9 Å². The van der Waals surface area contributed by atoms with Crippen LogP contribution >= 0.6 is 11.3 Å². The number of nitrogens with zero attached hydrogens (tertiary/aromatic N) is 4. The van der Waals surface area contributed by atoms with Crippen LogP contribution in [0.5, 0.6) is 0 Å². The molecule has 7 heteroatoms. The molecular formula is C19H26N4O2S. The molecule has 0 unspecified atom stereocenters. The number of aryl methyl sites for hydroxylation is 1. The molecule has 3 heterocycles. The van der Waals surface area contributed by atoms with E-state index in [-0.39, 0.29) is 17.2 Å². The molecule has 0 aliphatic carbocycles. The summed E-state index contributed by atoms with van der Waals surface area (Å²) in [7, 11) is 1.81. The van der Waals surface area contributed by atoms with Crippen molar-refractivity contribution in [3.8, 4) is 0 Å². The van der Waals surface area contributed by atoms with Gasteiger partial charge < -0.3 is 9.80 Å². The summed E-state index contributed by atoms with van der Waals surface area (Å²) in [5, 5.41) is 8.29. The van der Waals surface area contributed by atoms with Gasteiger partial charge >= 0.3 is 0 Å². The van der Waals surface area contributed by atoms with Crippen molar-refractivity contribution in [1.82, 2.24) is 19.6 Å². The molecule has 2 aromatic rings. The van der Waals surface area contributed by atoms with Crippen LogP contribution in [-0.2, 0) is 12.5 Å². The number of hydrogen-bond donors (Lipinski definition) is 0. The molecule has 0 bridgehead atoms. The smallest absolute Gasteiger partial charge is 0.272 e. The predicted octanol–water partition coefficient (Wildman–Crippen LogP) is 2.77. The first kappa shape index (κ1) is 18.6. The first-order chi connectivity index (χ1) is 12.3. The summed E-state index contributed by atoms with van der Waals surface area (Å²) in [5.41, 5.74) is 2.15. The summed E-state index contributed by atoms with van der Waals surface area (Å²) < 4.78 is 1.67. The zero-order chi connectivity index (χ0) is 18.9. The Morgan fingerprint density at radius 3 is 2.27 bits per heavy atom. The van der Waals surface area contributed by atoms with Crippen molar-refractivity contribution in [2.45, 2.75) is 32.6 Å². The fourth-order valence-corrected chi connectivity index (χ4v) is 3.72. The average Bonchev–Trinajstić information content (AvgIpc) is 3.17. The lowest BCUT2D eigenvalue weighted by Crippen LogP contribution is -2.37. The van der Waals surface area contributed by atoms with Crippen LogP contribution in [0.1, 0.15) is 53.7 Å². The van der Waals surface area contributed by atoms with Gasteiger partial charge in [-0.15, -0.1) is 0 Å². The van der Waals surface area contributed by atoms with Crippen LogP contribution in [-0.4, -0.2) is 57.6 Å². The Morgan fingerprint density at radius 1 is 1.08 bits per heavy atom. The third kappa shape index (κ3) is 3.82. The third-order valence-corrected chi connectivity index (χ3v) is 5.39. The summed E-state index contributed by atoms with van der Waals surface area (Å²) in [6.45, 7) is 8.70. The van der Waals surface area contributed by atoms with Gasteiger partial charge in [-0.05, 0) is 23.9 Å². The molecule has 0 spiro atoms. The summed E-state index contributed by atoms with van der Waals surface area (Å²) in [5.74, 6) is 0.0384. The van der Waals surface area contributed by atoms with Crippen molar-refractivity contribution in [2.75, 3.05) is 26.2 Å². The Morgan fingerprint density at radius 2 is 1.73 bits per heavy atom. The van der Waals surface area contributed by atoms with E-state index < -0.39 is 0 Å². The van der Waals surface area contributed by atoms with Gasteiger partial charge in [-0.1, -0.05) is 20.8 Å². The second-order valence-corrected chi connectivity index (χ2v) is 8.52. The maximum absolute atomic E-state index is 13.0. The highest BCUT2D eigenvalue weighted by atomic mass is 32.1. The second-order valence-electron chi connectivity index (χ2n) is 7.74. The van der Waals surface area contributed by atoms with Crippen molar-refractivity contribution in [1.29, 1.82) is 0 Å². The number of thiophene rings is 1. The van der Waals surface area contributed by atoms with E-state index in [1.165, 1.54) is 11.3 Å². The largest absolute Gasteiger partial charge is 0.337 e. The summed E-state index contributed by atoms with van der Waals surface area (Å²) in [6, 6.07) is 3.74. The molecule has 1 saturated heterocycles. The molecule has 0 radical (unpaired) electrons. The minimum Gasteiger partial charge on any atom is -0.337 e. The van der Waals surface area contributed by atoms with Crippen LogP contribution < -0.4 is 0 Å². The Bertz CT molecular complexity index is 789. The van der Waals surface area contributed by atoms with Crippen LogP contribution in [0.3, 0.4) is 0 Å². The van der Waals surface area contributed by atoms with Crippen LogP contribution in [0, 0.1) is 0 Å². The molecule has 0 saturated carbocycles. The monoisotopic (exact) mass is 374 g/mol. The molecule has 0 aromatic carbocycles. The van der Waals surface area contributed by atoms with Gasteiger partial charge in [0.05, 0.1) is 11.3 Å². The Balaban J connectivity index is 1.70. The molecule has 1 aliphatic rings. The Hall–Kier alpha value is -2.15. The van der Waals surface area contributed by atoms with Gasteiger partial charge in [0.2, 0.25) is 0 Å². The summed E-state index contributed by atoms with van der Waals surface area (Å²) in [6.07, 6.45) is 0.783. The molecule has 0 atom stereocenters. The van der Waals surface area contributed by atoms with Gasteiger partial charge in [-0.3, -0.25) is 14.3 Å². The number of rotatable bonds is 2. The highest BCUT2D eigenvalue weighted by Gasteiger charge is 2.27. The standard InChI is InChI=1S/C19H26N4O2S/c1-19(2,3)16-12-15(21(4)20-16)18(25)23-8-5-7-22(9-10-23)17(24)14-6-11-26-13-14/h6,11-13H,5,7-10H2,1-4H3. The van der Waals surface area contributed by atoms with Crippen LogP contribution in [0.25, 0.3) is 0 Å². The van der Waals surface area contributed by atoms with Crippen molar-refractivity contribution in [3.63, 3.8) is 0 Å². The van der Waals surface area contributed by atoms with E-state index >= 15 is 0 Å². The number of carbonyl (C=O) groups is 2. The minimum absolute atomic E-state index is 0.0136. The molecule has 6 nitrogen and oxygen atoms in total. The Kier molecular flexibility index (Phi) is 5.18. The van der Waals surface area contributed by atoms with E-state index in [0.717, 1.165) is 17.7 Å². The van der Waals surface area contributed by atoms with Gasteiger partial charge in [0.15, 0.2) is 0 Å². The number of aromatic nitrogens is 2. The van der Waals surface area contributed by atoms with E-state index in [1.54, 1.807) is 4.68 Å². The minimum atomic E-state index is -0.0984. The zero-order valence-electron chi connectivity index (χ0n) is 15.9. The number of hydrogen-bond acceptors (Lipinski definition) is 4. The third-order valence-electron chi connectivity index (χ3n) is 4.71. The predicted molar refractivity (Wildman–Crippen MR) is 103 cm³/mol. The number of carbonyl (C=O) groups excluding carboxylic acids is 2. The SMILES string of the molecule is Cn1nc(C(C)(C)C)cc1C(=O)N1CCCN(C(=O)c2ccsc2)CC1. The lowest BCUT2D eigenvalue weighted by atomic mass is 9.92. The van der Waals surface area contributed by atoms with E-state index in [2.05, 4.69) is 25.9 Å². The van der Waals surface area contributed by atoms with E-state index in [9.17, 15) is 9.59 Å². The normalized spacial score (nSPS) is 15.8. The fourth-order valence-electron chi connectivity index (χ4n) is 3.09. The van der Waals surface area contributed by atoms with Crippen molar-refractivity contribution in [3.05, 3.63) is 39.8 Å². The molecule has 2 aromatic heterocycles. The van der Waals surface area contributed by atoms with Gasteiger partial charge in [0.25, 0.3) is 11.8 Å². The van der Waals surface area contributed by atoms with Gasteiger partial charge in [0, 0.05) is 44.0 Å². The van der Waals surface area contributed by atoms with Gasteiger partial charge in [-0.25, -0.2) is 0 Å². The molecule has 3 rings (SSSR count). The van der Waals surface area contributed by atoms with Gasteiger partial charge in [0.1, 0.15) is 5.69 Å². The average molecular weight is 375 g/mol. The summed E-state index contributed by atoms with van der Waals surface area (Å²) >= 11 is 1.52. The molecule has 2 amide bonds. The zero-order valence-corrected chi connectivity index (χ0v) is 16.7. The lowest BCUT2D eigenvalue weighted by molar-refractivity contribution is 0.0713. The topological polar surface area (TPSA) is 58.4 Å². The Labute approximate surface area is 158 Å². The van der Waals surface area contributed by atoms with E-state index in [4.69, 9.17) is 0 Å². The molecule has 140 valence electrons. The maximum atomic E-state index is 13.0. The highest BCUT2D eigenvalue weighted by molar-refractivity contribution is 7.08. The first-order valence-electron chi connectivity index (χ1n) is 8.92. The fraction of sp³-hybridized carbons (Fsp3) is 0.526. The second kappa shape index (κ2) is 7.23. The lowest BCUT2D eigenvalue weighted by Gasteiger charge is -2.22. The highest BCUT2D eigenvalue weighted by Crippen LogP contribution is 2.22. The molecular weight excluding hydrogens is 348 g/mol. The maximum Gasteiger partial charge on any atom is 0.272 e. The van der Waals surface area contributed by atoms with Crippen molar-refractivity contribution < 1.29 is 9.59 Å². The van der Waals surface area contributed by atoms with Crippen LogP contribution in [0.4, 0.5) is 0 Å². The number of amides is 2. The van der Waals surface area contributed by atoms with Crippen LogP contribution in [0.2, 0.25) is 0 Å². The quantitative estimate of drug-likeness (QED) is 0.812. The molecule has 1 fully saturated rings. The molecule has 1 aliphatic heterocycles. The van der Waals surface area contributed by atoms with Crippen molar-refractivity contribution in [2.24, 2.45) is 7.05 Å². The van der Waals surface area contributed by atoms with Crippen molar-refractivity contribution >= 4 is 23.2 Å². The first-order valence-corrected chi connectivity index (χ1v) is 9.87. The molecule has 26 heavy (non-hydrogen) atoms.